The quantitative estimate of drug-likeness (QED) is 0.737. The lowest BCUT2D eigenvalue weighted by Gasteiger charge is -2.19. The Morgan fingerprint density at radius 3 is 2.54 bits per heavy atom. The Morgan fingerprint density at radius 2 is 1.86 bits per heavy atom. The van der Waals surface area contributed by atoms with Gasteiger partial charge < -0.3 is 10.2 Å². The van der Waals surface area contributed by atoms with E-state index in [2.05, 4.69) is 15.4 Å². The van der Waals surface area contributed by atoms with E-state index >= 15 is 0 Å². The smallest absolute Gasteiger partial charge is 0.256 e. The SMILES string of the molecule is CCN(CC)C(=O)c1cccc(NC(=O)c2cc(C)nc3c2c(C)nn3C)c1. The van der Waals surface area contributed by atoms with E-state index in [0.29, 0.717) is 35.6 Å². The first-order valence-electron chi connectivity index (χ1n) is 9.37. The molecule has 0 saturated carbocycles. The van der Waals surface area contributed by atoms with Crippen LogP contribution in [0.15, 0.2) is 30.3 Å². The monoisotopic (exact) mass is 379 g/mol. The Kier molecular flexibility index (Phi) is 5.44. The van der Waals surface area contributed by atoms with Crippen molar-refractivity contribution in [1.29, 1.82) is 0 Å². The fourth-order valence-electron chi connectivity index (χ4n) is 3.37. The average molecular weight is 379 g/mol. The summed E-state index contributed by atoms with van der Waals surface area (Å²) in [6, 6.07) is 8.78. The second-order valence-electron chi connectivity index (χ2n) is 6.73. The molecule has 146 valence electrons. The number of nitrogens with one attached hydrogen (secondary N) is 1. The number of aromatic nitrogens is 3. The Morgan fingerprint density at radius 1 is 1.14 bits per heavy atom. The first-order valence-corrected chi connectivity index (χ1v) is 9.37. The maximum Gasteiger partial charge on any atom is 0.256 e. The summed E-state index contributed by atoms with van der Waals surface area (Å²) in [4.78, 5) is 31.8. The summed E-state index contributed by atoms with van der Waals surface area (Å²) in [5.74, 6) is -0.301. The van der Waals surface area contributed by atoms with Crippen molar-refractivity contribution in [3.63, 3.8) is 0 Å². The highest BCUT2D eigenvalue weighted by molar-refractivity contribution is 6.13. The van der Waals surface area contributed by atoms with Crippen LogP contribution < -0.4 is 5.32 Å². The van der Waals surface area contributed by atoms with Crippen molar-refractivity contribution in [3.05, 3.63) is 52.8 Å². The van der Waals surface area contributed by atoms with Crippen LogP contribution in [0.1, 0.15) is 46.0 Å². The van der Waals surface area contributed by atoms with Crippen LogP contribution in [-0.4, -0.2) is 44.6 Å². The van der Waals surface area contributed by atoms with Crippen LogP contribution in [0.25, 0.3) is 11.0 Å². The number of aryl methyl sites for hydroxylation is 3. The van der Waals surface area contributed by atoms with Gasteiger partial charge in [0.05, 0.1) is 16.6 Å². The fourth-order valence-corrected chi connectivity index (χ4v) is 3.37. The molecule has 3 rings (SSSR count). The van der Waals surface area contributed by atoms with Crippen LogP contribution in [0.4, 0.5) is 5.69 Å². The van der Waals surface area contributed by atoms with Gasteiger partial charge in [0, 0.05) is 37.1 Å². The van der Waals surface area contributed by atoms with Gasteiger partial charge in [0.25, 0.3) is 11.8 Å². The van der Waals surface area contributed by atoms with Crippen LogP contribution in [0, 0.1) is 13.8 Å². The lowest BCUT2D eigenvalue weighted by molar-refractivity contribution is 0.0772. The van der Waals surface area contributed by atoms with Gasteiger partial charge in [-0.1, -0.05) is 6.07 Å². The topological polar surface area (TPSA) is 80.1 Å². The molecule has 0 unspecified atom stereocenters. The Bertz CT molecular complexity index is 1050. The summed E-state index contributed by atoms with van der Waals surface area (Å²) >= 11 is 0. The molecule has 0 atom stereocenters. The molecule has 2 amide bonds. The number of anilines is 1. The van der Waals surface area contributed by atoms with Gasteiger partial charge >= 0.3 is 0 Å². The van der Waals surface area contributed by atoms with Gasteiger partial charge in [-0.3, -0.25) is 14.3 Å². The van der Waals surface area contributed by atoms with Crippen LogP contribution in [0.2, 0.25) is 0 Å². The molecule has 0 aliphatic rings. The number of hydrogen-bond donors (Lipinski definition) is 1. The number of benzene rings is 1. The van der Waals surface area contributed by atoms with Crippen LogP contribution >= 0.6 is 0 Å². The molecule has 1 N–H and O–H groups in total. The molecule has 7 heteroatoms. The van der Waals surface area contributed by atoms with E-state index in [1.54, 1.807) is 39.9 Å². The van der Waals surface area contributed by atoms with Crippen molar-refractivity contribution in [3.8, 4) is 0 Å². The molecule has 0 fully saturated rings. The second kappa shape index (κ2) is 7.80. The average Bonchev–Trinajstić information content (AvgIpc) is 2.95. The maximum atomic E-state index is 13.0. The first kappa shape index (κ1) is 19.5. The largest absolute Gasteiger partial charge is 0.339 e. The predicted octanol–water partition coefficient (Wildman–Crippen LogP) is 3.32. The van der Waals surface area contributed by atoms with Gasteiger partial charge in [-0.25, -0.2) is 4.98 Å². The molecule has 2 heterocycles. The predicted molar refractivity (Wildman–Crippen MR) is 110 cm³/mol. The molecule has 3 aromatic rings. The molecule has 0 aliphatic carbocycles. The molecule has 2 aromatic heterocycles. The zero-order valence-corrected chi connectivity index (χ0v) is 16.9. The van der Waals surface area contributed by atoms with E-state index in [9.17, 15) is 9.59 Å². The number of carbonyl (C=O) groups is 2. The summed E-state index contributed by atoms with van der Waals surface area (Å²) < 4.78 is 1.68. The lowest BCUT2D eigenvalue weighted by atomic mass is 10.1. The summed E-state index contributed by atoms with van der Waals surface area (Å²) in [6.07, 6.45) is 0. The Balaban J connectivity index is 1.93. The van der Waals surface area contributed by atoms with E-state index in [1.807, 2.05) is 34.7 Å². The molecule has 0 aliphatic heterocycles. The molecule has 7 nitrogen and oxygen atoms in total. The third-order valence-corrected chi connectivity index (χ3v) is 4.76. The lowest BCUT2D eigenvalue weighted by Crippen LogP contribution is -2.30. The third-order valence-electron chi connectivity index (χ3n) is 4.76. The molecule has 0 bridgehead atoms. The van der Waals surface area contributed by atoms with E-state index in [-0.39, 0.29) is 11.8 Å². The minimum absolute atomic E-state index is 0.0497. The highest BCUT2D eigenvalue weighted by Crippen LogP contribution is 2.23. The summed E-state index contributed by atoms with van der Waals surface area (Å²) in [7, 11) is 1.81. The highest BCUT2D eigenvalue weighted by Gasteiger charge is 2.19. The second-order valence-corrected chi connectivity index (χ2v) is 6.73. The van der Waals surface area contributed by atoms with Gasteiger partial charge in [0.2, 0.25) is 0 Å². The highest BCUT2D eigenvalue weighted by atomic mass is 16.2. The number of hydrogen-bond acceptors (Lipinski definition) is 4. The minimum Gasteiger partial charge on any atom is -0.339 e. The maximum absolute atomic E-state index is 13.0. The minimum atomic E-state index is -0.251. The van der Waals surface area contributed by atoms with Crippen molar-refractivity contribution in [2.45, 2.75) is 27.7 Å². The number of carbonyl (C=O) groups excluding carboxylic acids is 2. The third kappa shape index (κ3) is 3.60. The number of amides is 2. The molecule has 0 spiro atoms. The molecule has 1 aromatic carbocycles. The molecule has 0 saturated heterocycles. The van der Waals surface area contributed by atoms with E-state index in [4.69, 9.17) is 0 Å². The van der Waals surface area contributed by atoms with Crippen molar-refractivity contribution < 1.29 is 9.59 Å². The Labute approximate surface area is 164 Å². The molecule has 28 heavy (non-hydrogen) atoms. The number of fused-ring (bicyclic) bond motifs is 1. The van der Waals surface area contributed by atoms with Gasteiger partial charge in [-0.15, -0.1) is 0 Å². The van der Waals surface area contributed by atoms with Crippen molar-refractivity contribution >= 4 is 28.5 Å². The number of pyridine rings is 1. The summed E-state index contributed by atoms with van der Waals surface area (Å²) in [5.41, 5.74) is 3.82. The summed E-state index contributed by atoms with van der Waals surface area (Å²) in [5, 5.41) is 8.03. The van der Waals surface area contributed by atoms with Crippen molar-refractivity contribution in [1.82, 2.24) is 19.7 Å². The molecular weight excluding hydrogens is 354 g/mol. The van der Waals surface area contributed by atoms with Crippen LogP contribution in [0.3, 0.4) is 0 Å². The van der Waals surface area contributed by atoms with Gasteiger partial charge in [-0.05, 0) is 52.0 Å². The van der Waals surface area contributed by atoms with E-state index in [1.165, 1.54) is 0 Å². The zero-order valence-electron chi connectivity index (χ0n) is 16.9. The van der Waals surface area contributed by atoms with E-state index in [0.717, 1.165) is 16.8 Å². The number of rotatable bonds is 5. The zero-order chi connectivity index (χ0) is 20.4. The summed E-state index contributed by atoms with van der Waals surface area (Å²) in [6.45, 7) is 8.88. The van der Waals surface area contributed by atoms with Gasteiger partial charge in [0.15, 0.2) is 5.65 Å². The van der Waals surface area contributed by atoms with Crippen molar-refractivity contribution in [2.75, 3.05) is 18.4 Å². The normalized spacial score (nSPS) is 10.9. The van der Waals surface area contributed by atoms with Crippen LogP contribution in [0.5, 0.6) is 0 Å². The first-order chi connectivity index (χ1) is 13.3. The van der Waals surface area contributed by atoms with Gasteiger partial charge in [0.1, 0.15) is 0 Å². The molecular formula is C21H25N5O2. The fraction of sp³-hybridized carbons (Fsp3) is 0.333. The number of nitrogens with zero attached hydrogens (tertiary/aromatic N) is 4. The molecule has 0 radical (unpaired) electrons. The van der Waals surface area contributed by atoms with E-state index < -0.39 is 0 Å². The standard InChI is InChI=1S/C21H25N5O2/c1-6-26(7-2)21(28)15-9-8-10-16(12-15)23-20(27)17-11-13(3)22-19-18(17)14(4)24-25(19)5/h8-12H,6-7H2,1-5H3,(H,23,27). The Hall–Kier alpha value is -3.22. The van der Waals surface area contributed by atoms with Gasteiger partial charge in [-0.2, -0.15) is 5.10 Å². The van der Waals surface area contributed by atoms with Crippen molar-refractivity contribution in [2.24, 2.45) is 7.05 Å². The van der Waals surface area contributed by atoms with Crippen LogP contribution in [-0.2, 0) is 7.05 Å².